The van der Waals surface area contributed by atoms with Crippen molar-refractivity contribution < 1.29 is 23.4 Å². The van der Waals surface area contributed by atoms with Gasteiger partial charge in [0, 0.05) is 5.56 Å². The molecular formula is C22H25N3O5. The molecule has 1 aromatic heterocycles. The number of nitrogens with zero attached hydrogens (tertiary/aromatic N) is 2. The second-order valence-corrected chi connectivity index (χ2v) is 6.22. The lowest BCUT2D eigenvalue weighted by Crippen LogP contribution is -2.14. The van der Waals surface area contributed by atoms with E-state index in [9.17, 15) is 4.79 Å². The molecule has 0 radical (unpaired) electrons. The summed E-state index contributed by atoms with van der Waals surface area (Å²) in [6, 6.07) is 12.9. The minimum absolute atomic E-state index is 0.0238. The summed E-state index contributed by atoms with van der Waals surface area (Å²) in [5, 5.41) is 10.6. The predicted molar refractivity (Wildman–Crippen MR) is 112 cm³/mol. The van der Waals surface area contributed by atoms with E-state index in [1.165, 1.54) is 0 Å². The van der Waals surface area contributed by atoms with Crippen LogP contribution in [0.2, 0.25) is 0 Å². The zero-order chi connectivity index (χ0) is 21.3. The van der Waals surface area contributed by atoms with Crippen molar-refractivity contribution in [1.29, 1.82) is 0 Å². The normalized spacial score (nSPS) is 10.5. The van der Waals surface area contributed by atoms with Crippen molar-refractivity contribution >= 4 is 11.9 Å². The zero-order valence-corrected chi connectivity index (χ0v) is 17.3. The molecule has 0 bridgehead atoms. The number of nitrogens with one attached hydrogen (secondary N) is 1. The molecule has 0 aliphatic rings. The quantitative estimate of drug-likeness (QED) is 0.536. The fraction of sp³-hybridized carbons (Fsp3) is 0.318. The first kappa shape index (κ1) is 21.2. The van der Waals surface area contributed by atoms with Gasteiger partial charge in [-0.3, -0.25) is 10.1 Å². The number of carbonyl (C=O) groups excluding carboxylic acids is 1. The SMILES string of the molecule is CCOc1cc(-c2nnc(NC(=O)Cc3ccccc3)o2)cc(OCC)c1OCC. The van der Waals surface area contributed by atoms with E-state index < -0.39 is 0 Å². The first-order valence-corrected chi connectivity index (χ1v) is 9.88. The van der Waals surface area contributed by atoms with Gasteiger partial charge < -0.3 is 18.6 Å². The maximum absolute atomic E-state index is 12.2. The number of anilines is 1. The standard InChI is InChI=1S/C22H25N3O5/c1-4-27-17-13-16(14-18(28-5-2)20(17)29-6-3)21-24-25-22(30-21)23-19(26)12-15-10-8-7-9-11-15/h7-11,13-14H,4-6,12H2,1-3H3,(H,23,25,26). The van der Waals surface area contributed by atoms with Gasteiger partial charge in [-0.1, -0.05) is 35.4 Å². The van der Waals surface area contributed by atoms with Crippen LogP contribution < -0.4 is 19.5 Å². The van der Waals surface area contributed by atoms with Crippen molar-refractivity contribution in [3.05, 3.63) is 48.0 Å². The Kier molecular flexibility index (Phi) is 7.26. The van der Waals surface area contributed by atoms with E-state index >= 15 is 0 Å². The predicted octanol–water partition coefficient (Wildman–Crippen LogP) is 4.11. The van der Waals surface area contributed by atoms with Crippen molar-refractivity contribution in [1.82, 2.24) is 10.2 Å². The lowest BCUT2D eigenvalue weighted by atomic mass is 10.1. The fourth-order valence-electron chi connectivity index (χ4n) is 2.85. The van der Waals surface area contributed by atoms with E-state index in [1.807, 2.05) is 51.1 Å². The van der Waals surface area contributed by atoms with Gasteiger partial charge in [0.15, 0.2) is 11.5 Å². The minimum atomic E-state index is -0.242. The average Bonchev–Trinajstić information content (AvgIpc) is 3.19. The number of ether oxygens (including phenoxy) is 3. The molecule has 1 amide bonds. The minimum Gasteiger partial charge on any atom is -0.490 e. The van der Waals surface area contributed by atoms with Crippen LogP contribution in [0.15, 0.2) is 46.9 Å². The molecule has 0 spiro atoms. The fourth-order valence-corrected chi connectivity index (χ4v) is 2.85. The van der Waals surface area contributed by atoms with Gasteiger partial charge in [-0.2, -0.15) is 0 Å². The Hall–Kier alpha value is -3.55. The van der Waals surface area contributed by atoms with Gasteiger partial charge in [-0.15, -0.1) is 5.10 Å². The second kappa shape index (κ2) is 10.3. The van der Waals surface area contributed by atoms with Gasteiger partial charge in [0.2, 0.25) is 17.5 Å². The summed E-state index contributed by atoms with van der Waals surface area (Å²) in [4.78, 5) is 12.2. The van der Waals surface area contributed by atoms with Crippen LogP contribution in [0.5, 0.6) is 17.2 Å². The van der Waals surface area contributed by atoms with Gasteiger partial charge in [0.25, 0.3) is 0 Å². The number of hydrogen-bond acceptors (Lipinski definition) is 7. The second-order valence-electron chi connectivity index (χ2n) is 6.22. The maximum atomic E-state index is 12.2. The molecule has 1 N–H and O–H groups in total. The smallest absolute Gasteiger partial charge is 0.322 e. The van der Waals surface area contributed by atoms with Crippen LogP contribution in [0, 0.1) is 0 Å². The summed E-state index contributed by atoms with van der Waals surface area (Å²) in [7, 11) is 0. The highest BCUT2D eigenvalue weighted by Gasteiger charge is 2.19. The molecular weight excluding hydrogens is 386 g/mol. The van der Waals surface area contributed by atoms with Gasteiger partial charge in [-0.25, -0.2) is 0 Å². The summed E-state index contributed by atoms with van der Waals surface area (Å²) in [5.41, 5.74) is 1.49. The van der Waals surface area contributed by atoms with Crippen molar-refractivity contribution in [2.45, 2.75) is 27.2 Å². The van der Waals surface area contributed by atoms with Gasteiger partial charge in [-0.05, 0) is 38.5 Å². The van der Waals surface area contributed by atoms with Gasteiger partial charge >= 0.3 is 6.01 Å². The van der Waals surface area contributed by atoms with Crippen LogP contribution in [0.25, 0.3) is 11.5 Å². The third-order valence-corrected chi connectivity index (χ3v) is 4.03. The molecule has 1 heterocycles. The molecule has 0 unspecified atom stereocenters. The van der Waals surface area contributed by atoms with Gasteiger partial charge in [0.05, 0.1) is 26.2 Å². The topological polar surface area (TPSA) is 95.7 Å². The number of rotatable bonds is 10. The van der Waals surface area contributed by atoms with E-state index in [0.29, 0.717) is 42.6 Å². The molecule has 3 rings (SSSR count). The van der Waals surface area contributed by atoms with Crippen LogP contribution in [-0.2, 0) is 11.2 Å². The highest BCUT2D eigenvalue weighted by molar-refractivity contribution is 5.90. The lowest BCUT2D eigenvalue weighted by molar-refractivity contribution is -0.115. The number of hydrogen-bond donors (Lipinski definition) is 1. The highest BCUT2D eigenvalue weighted by Crippen LogP contribution is 2.41. The van der Waals surface area contributed by atoms with Crippen LogP contribution in [-0.4, -0.2) is 35.9 Å². The van der Waals surface area contributed by atoms with Crippen molar-refractivity contribution in [2.24, 2.45) is 0 Å². The molecule has 0 atom stereocenters. The van der Waals surface area contributed by atoms with Crippen LogP contribution in [0.1, 0.15) is 26.3 Å². The Bertz CT molecular complexity index is 945. The maximum Gasteiger partial charge on any atom is 0.322 e. The molecule has 0 fully saturated rings. The van der Waals surface area contributed by atoms with Crippen molar-refractivity contribution in [2.75, 3.05) is 25.1 Å². The van der Waals surface area contributed by atoms with E-state index in [-0.39, 0.29) is 24.2 Å². The summed E-state index contributed by atoms with van der Waals surface area (Å²) in [5.74, 6) is 1.56. The number of benzene rings is 2. The van der Waals surface area contributed by atoms with E-state index in [2.05, 4.69) is 15.5 Å². The molecule has 8 heteroatoms. The van der Waals surface area contributed by atoms with Gasteiger partial charge in [0.1, 0.15) is 0 Å². The van der Waals surface area contributed by atoms with E-state index in [1.54, 1.807) is 12.1 Å². The monoisotopic (exact) mass is 411 g/mol. The third kappa shape index (κ3) is 5.28. The summed E-state index contributed by atoms with van der Waals surface area (Å²) < 4.78 is 22.8. The van der Waals surface area contributed by atoms with Crippen molar-refractivity contribution in [3.8, 4) is 28.7 Å². The molecule has 2 aromatic carbocycles. The Labute approximate surface area is 175 Å². The molecule has 0 aliphatic heterocycles. The molecule has 0 saturated carbocycles. The number of amides is 1. The largest absolute Gasteiger partial charge is 0.490 e. The van der Waals surface area contributed by atoms with Crippen LogP contribution >= 0.6 is 0 Å². The van der Waals surface area contributed by atoms with Crippen molar-refractivity contribution in [3.63, 3.8) is 0 Å². The number of aromatic nitrogens is 2. The third-order valence-electron chi connectivity index (χ3n) is 4.03. The van der Waals surface area contributed by atoms with Crippen LogP contribution in [0.4, 0.5) is 6.01 Å². The van der Waals surface area contributed by atoms with E-state index in [0.717, 1.165) is 5.56 Å². The Balaban J connectivity index is 1.82. The molecule has 8 nitrogen and oxygen atoms in total. The average molecular weight is 411 g/mol. The molecule has 30 heavy (non-hydrogen) atoms. The molecule has 0 saturated heterocycles. The lowest BCUT2D eigenvalue weighted by Gasteiger charge is -2.16. The first-order chi connectivity index (χ1) is 14.6. The highest BCUT2D eigenvalue weighted by atomic mass is 16.5. The first-order valence-electron chi connectivity index (χ1n) is 9.88. The molecule has 158 valence electrons. The summed E-state index contributed by atoms with van der Waals surface area (Å²) >= 11 is 0. The zero-order valence-electron chi connectivity index (χ0n) is 17.3. The summed E-state index contributed by atoms with van der Waals surface area (Å²) in [6.07, 6.45) is 0.213. The summed E-state index contributed by atoms with van der Waals surface area (Å²) in [6.45, 7) is 7.05. The Morgan fingerprint density at radius 2 is 1.57 bits per heavy atom. The number of carbonyl (C=O) groups is 1. The Morgan fingerprint density at radius 1 is 0.933 bits per heavy atom. The Morgan fingerprint density at radius 3 is 2.17 bits per heavy atom. The van der Waals surface area contributed by atoms with E-state index in [4.69, 9.17) is 18.6 Å². The van der Waals surface area contributed by atoms with Crippen LogP contribution in [0.3, 0.4) is 0 Å². The molecule has 0 aliphatic carbocycles. The molecule has 3 aromatic rings.